The van der Waals surface area contributed by atoms with E-state index in [0.29, 0.717) is 12.1 Å². The highest BCUT2D eigenvalue weighted by atomic mass is 16.5. The van der Waals surface area contributed by atoms with Gasteiger partial charge in [0.2, 0.25) is 5.95 Å². The lowest BCUT2D eigenvalue weighted by atomic mass is 9.91. The Morgan fingerprint density at radius 2 is 1.74 bits per heavy atom. The third-order valence-corrected chi connectivity index (χ3v) is 6.12. The minimum Gasteiger partial charge on any atom is -0.496 e. The summed E-state index contributed by atoms with van der Waals surface area (Å²) in [5.74, 6) is 2.63. The highest BCUT2D eigenvalue weighted by Crippen LogP contribution is 2.26. The number of rotatable bonds is 7. The molecule has 2 N–H and O–H groups in total. The molecule has 6 nitrogen and oxygen atoms in total. The topological polar surface area (TPSA) is 62.3 Å². The lowest BCUT2D eigenvalue weighted by molar-refractivity contribution is 0.352. The molecule has 6 heteroatoms. The Labute approximate surface area is 185 Å². The molecule has 0 bridgehead atoms. The number of methoxy groups -OCH3 is 1. The number of aryl methyl sites for hydroxylation is 1. The van der Waals surface area contributed by atoms with Crippen LogP contribution in [0.15, 0.2) is 42.5 Å². The maximum atomic E-state index is 5.36. The summed E-state index contributed by atoms with van der Waals surface area (Å²) in [6, 6.07) is 15.6. The molecule has 164 valence electrons. The molecule has 0 spiro atoms. The van der Waals surface area contributed by atoms with Crippen molar-refractivity contribution in [1.29, 1.82) is 0 Å². The third-order valence-electron chi connectivity index (χ3n) is 6.12. The minimum absolute atomic E-state index is 0.414. The average Bonchev–Trinajstić information content (AvgIpc) is 2.78. The van der Waals surface area contributed by atoms with Gasteiger partial charge in [-0.05, 0) is 61.9 Å². The monoisotopic (exact) mass is 419 g/mol. The van der Waals surface area contributed by atoms with Crippen LogP contribution in [0.5, 0.6) is 5.75 Å². The highest BCUT2D eigenvalue weighted by Gasteiger charge is 2.22. The molecule has 0 unspecified atom stereocenters. The summed E-state index contributed by atoms with van der Waals surface area (Å²) < 4.78 is 5.36. The van der Waals surface area contributed by atoms with Gasteiger partial charge in [-0.3, -0.25) is 0 Å². The van der Waals surface area contributed by atoms with Crippen molar-refractivity contribution in [1.82, 2.24) is 15.3 Å². The van der Waals surface area contributed by atoms with Gasteiger partial charge in [-0.15, -0.1) is 0 Å². The van der Waals surface area contributed by atoms with Crippen LogP contribution in [0, 0.1) is 6.92 Å². The van der Waals surface area contributed by atoms with E-state index in [0.717, 1.165) is 60.6 Å². The maximum absolute atomic E-state index is 5.36. The molecule has 1 aliphatic carbocycles. The fourth-order valence-corrected chi connectivity index (χ4v) is 4.40. The van der Waals surface area contributed by atoms with Crippen LogP contribution in [0.2, 0.25) is 0 Å². The van der Waals surface area contributed by atoms with Gasteiger partial charge in [-0.2, -0.15) is 4.98 Å². The number of nitrogens with zero attached hydrogens (tertiary/aromatic N) is 3. The molecule has 1 aliphatic rings. The molecule has 1 heterocycles. The SMILES string of the molecule is COc1ccc(CN[C@H]2CC[C@@H](Nc3nc(N(C)C)c4ccccc4n3)CC2)cc1C. The molecule has 1 fully saturated rings. The van der Waals surface area contributed by atoms with Crippen LogP contribution in [-0.2, 0) is 6.54 Å². The first-order valence-corrected chi connectivity index (χ1v) is 11.1. The lowest BCUT2D eigenvalue weighted by Crippen LogP contribution is -2.37. The van der Waals surface area contributed by atoms with Gasteiger partial charge in [-0.1, -0.05) is 24.3 Å². The van der Waals surface area contributed by atoms with Gasteiger partial charge >= 0.3 is 0 Å². The van der Waals surface area contributed by atoms with E-state index < -0.39 is 0 Å². The van der Waals surface area contributed by atoms with Gasteiger partial charge in [0, 0.05) is 38.1 Å². The first kappa shape index (κ1) is 21.4. The van der Waals surface area contributed by atoms with Crippen LogP contribution in [-0.4, -0.2) is 43.3 Å². The van der Waals surface area contributed by atoms with Crippen molar-refractivity contribution in [2.75, 3.05) is 31.4 Å². The molecule has 1 saturated carbocycles. The van der Waals surface area contributed by atoms with Crippen LogP contribution >= 0.6 is 0 Å². The van der Waals surface area contributed by atoms with Crippen molar-refractivity contribution in [3.63, 3.8) is 0 Å². The fraction of sp³-hybridized carbons (Fsp3) is 0.440. The second-order valence-electron chi connectivity index (χ2n) is 8.66. The van der Waals surface area contributed by atoms with Crippen LogP contribution in [0.3, 0.4) is 0 Å². The normalized spacial score (nSPS) is 18.7. The second-order valence-corrected chi connectivity index (χ2v) is 8.66. The van der Waals surface area contributed by atoms with Crippen LogP contribution < -0.4 is 20.3 Å². The number of hydrogen-bond donors (Lipinski definition) is 2. The van der Waals surface area contributed by atoms with Crippen molar-refractivity contribution in [2.24, 2.45) is 0 Å². The van der Waals surface area contributed by atoms with Gasteiger partial charge in [-0.25, -0.2) is 4.98 Å². The van der Waals surface area contributed by atoms with Crippen molar-refractivity contribution in [3.8, 4) is 5.75 Å². The molecule has 0 radical (unpaired) electrons. The summed E-state index contributed by atoms with van der Waals surface area (Å²) >= 11 is 0. The summed E-state index contributed by atoms with van der Waals surface area (Å²) in [5.41, 5.74) is 3.47. The minimum atomic E-state index is 0.414. The van der Waals surface area contributed by atoms with E-state index in [9.17, 15) is 0 Å². The number of nitrogens with one attached hydrogen (secondary N) is 2. The van der Waals surface area contributed by atoms with Gasteiger partial charge in [0.25, 0.3) is 0 Å². The standard InChI is InChI=1S/C25H33N5O/c1-17-15-18(9-14-23(17)31-4)16-26-19-10-12-20(13-11-19)27-25-28-22-8-6-5-7-21(22)24(29-25)30(2)3/h5-9,14-15,19-20,26H,10-13,16H2,1-4H3,(H,27,28,29)/t19-,20+. The predicted molar refractivity (Wildman–Crippen MR) is 128 cm³/mol. The number of ether oxygens (including phenoxy) is 1. The Kier molecular flexibility index (Phi) is 6.56. The molecule has 0 atom stereocenters. The predicted octanol–water partition coefficient (Wildman–Crippen LogP) is 4.53. The zero-order valence-corrected chi connectivity index (χ0v) is 19.0. The van der Waals surface area contributed by atoms with E-state index in [1.807, 2.05) is 26.2 Å². The first-order valence-electron chi connectivity index (χ1n) is 11.1. The Morgan fingerprint density at radius 3 is 2.45 bits per heavy atom. The number of fused-ring (bicyclic) bond motifs is 1. The Bertz CT molecular complexity index is 1030. The zero-order chi connectivity index (χ0) is 21.8. The highest BCUT2D eigenvalue weighted by molar-refractivity contribution is 5.90. The fourth-order valence-electron chi connectivity index (χ4n) is 4.40. The van der Waals surface area contributed by atoms with Gasteiger partial charge in [0.15, 0.2) is 0 Å². The molecule has 3 aromatic rings. The number of anilines is 2. The van der Waals surface area contributed by atoms with Gasteiger partial charge in [0.1, 0.15) is 11.6 Å². The quantitative estimate of drug-likeness (QED) is 0.587. The Balaban J connectivity index is 1.33. The summed E-state index contributed by atoms with van der Waals surface area (Å²) in [7, 11) is 5.77. The van der Waals surface area contributed by atoms with E-state index in [2.05, 4.69) is 52.8 Å². The van der Waals surface area contributed by atoms with Crippen LogP contribution in [0.1, 0.15) is 36.8 Å². The molecular formula is C25H33N5O. The lowest BCUT2D eigenvalue weighted by Gasteiger charge is -2.30. The smallest absolute Gasteiger partial charge is 0.225 e. The molecule has 4 rings (SSSR count). The van der Waals surface area contributed by atoms with Crippen LogP contribution in [0.25, 0.3) is 10.9 Å². The van der Waals surface area contributed by atoms with Crippen LogP contribution in [0.4, 0.5) is 11.8 Å². The molecule has 2 aromatic carbocycles. The number of aromatic nitrogens is 2. The molecular weight excluding hydrogens is 386 g/mol. The van der Waals surface area contributed by atoms with E-state index in [4.69, 9.17) is 14.7 Å². The maximum Gasteiger partial charge on any atom is 0.225 e. The molecule has 0 amide bonds. The number of para-hydroxylation sites is 1. The van der Waals surface area contributed by atoms with Gasteiger partial charge < -0.3 is 20.3 Å². The summed E-state index contributed by atoms with van der Waals surface area (Å²) in [6.07, 6.45) is 4.54. The Morgan fingerprint density at radius 1 is 1.00 bits per heavy atom. The molecule has 31 heavy (non-hydrogen) atoms. The van der Waals surface area contributed by atoms with E-state index in [1.165, 1.54) is 11.1 Å². The first-order chi connectivity index (χ1) is 15.0. The largest absolute Gasteiger partial charge is 0.496 e. The van der Waals surface area contributed by atoms with Crippen molar-refractivity contribution < 1.29 is 4.74 Å². The summed E-state index contributed by atoms with van der Waals surface area (Å²) in [5, 5.41) is 8.40. The Hall–Kier alpha value is -2.86. The zero-order valence-electron chi connectivity index (χ0n) is 19.0. The van der Waals surface area contributed by atoms with E-state index in [1.54, 1.807) is 7.11 Å². The molecule has 1 aromatic heterocycles. The van der Waals surface area contributed by atoms with E-state index in [-0.39, 0.29) is 0 Å². The van der Waals surface area contributed by atoms with Crippen molar-refractivity contribution >= 4 is 22.7 Å². The van der Waals surface area contributed by atoms with Gasteiger partial charge in [0.05, 0.1) is 12.6 Å². The second kappa shape index (κ2) is 9.52. The average molecular weight is 420 g/mol. The van der Waals surface area contributed by atoms with Crippen molar-refractivity contribution in [2.45, 2.75) is 51.2 Å². The number of hydrogen-bond acceptors (Lipinski definition) is 6. The summed E-state index contributed by atoms with van der Waals surface area (Å²) in [4.78, 5) is 11.6. The summed E-state index contributed by atoms with van der Waals surface area (Å²) in [6.45, 7) is 2.99. The molecule has 0 saturated heterocycles. The van der Waals surface area contributed by atoms with Crippen molar-refractivity contribution in [3.05, 3.63) is 53.6 Å². The number of benzene rings is 2. The third kappa shape index (κ3) is 5.07. The molecule has 0 aliphatic heterocycles. The van der Waals surface area contributed by atoms with E-state index >= 15 is 0 Å².